The van der Waals surface area contributed by atoms with Crippen LogP contribution in [-0.4, -0.2) is 15.5 Å². The van der Waals surface area contributed by atoms with Crippen molar-refractivity contribution in [2.24, 2.45) is 0 Å². The molecule has 0 radical (unpaired) electrons. The molecule has 1 aromatic carbocycles. The quantitative estimate of drug-likeness (QED) is 0.679. The molecule has 0 aliphatic carbocycles. The Labute approximate surface area is 162 Å². The SMILES string of the molecule is O=C(NCc1ccc(Cl)cc1Cl)c1c[nH]c(=O)n(Cc2cccs2)c1=O. The molecule has 0 spiro atoms. The molecule has 0 bridgehead atoms. The lowest BCUT2D eigenvalue weighted by Crippen LogP contribution is -2.40. The molecule has 0 atom stereocenters. The van der Waals surface area contributed by atoms with Crippen molar-refractivity contribution in [3.05, 3.63) is 88.8 Å². The number of halogens is 2. The van der Waals surface area contributed by atoms with Crippen molar-refractivity contribution >= 4 is 40.4 Å². The molecule has 2 heterocycles. The highest BCUT2D eigenvalue weighted by Gasteiger charge is 2.15. The number of hydrogen-bond donors (Lipinski definition) is 2. The maximum Gasteiger partial charge on any atom is 0.328 e. The van der Waals surface area contributed by atoms with Gasteiger partial charge in [-0.2, -0.15) is 0 Å². The Morgan fingerprint density at radius 3 is 2.73 bits per heavy atom. The molecule has 26 heavy (non-hydrogen) atoms. The average molecular weight is 410 g/mol. The molecule has 2 aromatic heterocycles. The minimum Gasteiger partial charge on any atom is -0.348 e. The van der Waals surface area contributed by atoms with Crippen LogP contribution in [0.15, 0.2) is 51.5 Å². The zero-order valence-corrected chi connectivity index (χ0v) is 15.6. The van der Waals surface area contributed by atoms with Gasteiger partial charge in [-0.15, -0.1) is 11.3 Å². The molecule has 6 nitrogen and oxygen atoms in total. The average Bonchev–Trinajstić information content (AvgIpc) is 3.11. The van der Waals surface area contributed by atoms with Crippen LogP contribution in [0, 0.1) is 0 Å². The van der Waals surface area contributed by atoms with E-state index in [1.165, 1.54) is 11.3 Å². The first-order valence-corrected chi connectivity index (χ1v) is 9.16. The zero-order chi connectivity index (χ0) is 18.7. The fourth-order valence-electron chi connectivity index (χ4n) is 2.31. The molecule has 0 aliphatic heterocycles. The molecule has 2 N–H and O–H groups in total. The number of thiophene rings is 1. The van der Waals surface area contributed by atoms with E-state index in [-0.39, 0.29) is 18.7 Å². The summed E-state index contributed by atoms with van der Waals surface area (Å²) in [7, 11) is 0. The van der Waals surface area contributed by atoms with Crippen LogP contribution in [0.3, 0.4) is 0 Å². The van der Waals surface area contributed by atoms with E-state index < -0.39 is 17.2 Å². The van der Waals surface area contributed by atoms with E-state index in [4.69, 9.17) is 23.2 Å². The molecule has 0 aliphatic rings. The van der Waals surface area contributed by atoms with Crippen molar-refractivity contribution < 1.29 is 4.79 Å². The molecule has 0 fully saturated rings. The number of carbonyl (C=O) groups is 1. The highest BCUT2D eigenvalue weighted by Crippen LogP contribution is 2.20. The minimum absolute atomic E-state index is 0.107. The first-order chi connectivity index (χ1) is 12.5. The number of amides is 1. The van der Waals surface area contributed by atoms with Crippen molar-refractivity contribution in [1.82, 2.24) is 14.9 Å². The number of aromatic nitrogens is 2. The molecule has 0 saturated carbocycles. The molecular weight excluding hydrogens is 397 g/mol. The molecule has 134 valence electrons. The molecule has 3 aromatic rings. The summed E-state index contributed by atoms with van der Waals surface area (Å²) >= 11 is 13.3. The molecule has 0 unspecified atom stereocenters. The number of nitrogens with one attached hydrogen (secondary N) is 2. The maximum absolute atomic E-state index is 12.5. The van der Waals surface area contributed by atoms with Crippen molar-refractivity contribution in [3.63, 3.8) is 0 Å². The maximum atomic E-state index is 12.5. The number of carbonyl (C=O) groups excluding carboxylic acids is 1. The lowest BCUT2D eigenvalue weighted by atomic mass is 10.2. The number of H-pyrrole nitrogens is 1. The Kier molecular flexibility index (Phi) is 5.61. The number of benzene rings is 1. The number of hydrogen-bond acceptors (Lipinski definition) is 4. The third-order valence-corrected chi connectivity index (χ3v) is 5.10. The van der Waals surface area contributed by atoms with Gasteiger partial charge in [0, 0.05) is 27.7 Å². The minimum atomic E-state index is -0.651. The fraction of sp³-hybridized carbons (Fsp3) is 0.118. The Morgan fingerprint density at radius 2 is 2.04 bits per heavy atom. The standard InChI is InChI=1S/C17H13Cl2N3O3S/c18-11-4-3-10(14(19)6-11)7-20-15(23)13-8-21-17(25)22(16(13)24)9-12-2-1-5-26-12/h1-6,8H,7,9H2,(H,20,23)(H,21,25). The number of aromatic amines is 1. The molecule has 0 saturated heterocycles. The monoisotopic (exact) mass is 409 g/mol. The highest BCUT2D eigenvalue weighted by atomic mass is 35.5. The lowest BCUT2D eigenvalue weighted by Gasteiger charge is -2.09. The van der Waals surface area contributed by atoms with E-state index in [0.717, 1.165) is 15.6 Å². The van der Waals surface area contributed by atoms with Crippen molar-refractivity contribution in [1.29, 1.82) is 0 Å². The van der Waals surface area contributed by atoms with Crippen LogP contribution in [-0.2, 0) is 13.1 Å². The van der Waals surface area contributed by atoms with E-state index in [1.807, 2.05) is 17.5 Å². The van der Waals surface area contributed by atoms with Gasteiger partial charge in [0.2, 0.25) is 0 Å². The third-order valence-electron chi connectivity index (χ3n) is 3.65. The highest BCUT2D eigenvalue weighted by molar-refractivity contribution is 7.09. The van der Waals surface area contributed by atoms with E-state index in [1.54, 1.807) is 18.2 Å². The van der Waals surface area contributed by atoms with Crippen molar-refractivity contribution in [3.8, 4) is 0 Å². The van der Waals surface area contributed by atoms with E-state index in [2.05, 4.69) is 10.3 Å². The molecule has 3 rings (SSSR count). The van der Waals surface area contributed by atoms with E-state index in [0.29, 0.717) is 15.6 Å². The number of rotatable bonds is 5. The normalized spacial score (nSPS) is 10.7. The van der Waals surface area contributed by atoms with Gasteiger partial charge < -0.3 is 10.3 Å². The topological polar surface area (TPSA) is 84.0 Å². The van der Waals surface area contributed by atoms with Gasteiger partial charge in [-0.05, 0) is 29.1 Å². The van der Waals surface area contributed by atoms with Gasteiger partial charge in [-0.3, -0.25) is 14.2 Å². The van der Waals surface area contributed by atoms with Gasteiger partial charge in [-0.25, -0.2) is 4.79 Å². The van der Waals surface area contributed by atoms with Gasteiger partial charge in [0.05, 0.1) is 6.54 Å². The van der Waals surface area contributed by atoms with E-state index >= 15 is 0 Å². The van der Waals surface area contributed by atoms with Gasteiger partial charge in [0.25, 0.3) is 11.5 Å². The first-order valence-electron chi connectivity index (χ1n) is 7.52. The zero-order valence-electron chi connectivity index (χ0n) is 13.3. The Balaban J connectivity index is 1.81. The fourth-order valence-corrected chi connectivity index (χ4v) is 3.48. The smallest absolute Gasteiger partial charge is 0.328 e. The van der Waals surface area contributed by atoms with Crippen molar-refractivity contribution in [2.75, 3.05) is 0 Å². The Hall–Kier alpha value is -2.35. The van der Waals surface area contributed by atoms with Gasteiger partial charge >= 0.3 is 5.69 Å². The second kappa shape index (κ2) is 7.90. The van der Waals surface area contributed by atoms with Crippen LogP contribution in [0.25, 0.3) is 0 Å². The first kappa shape index (κ1) is 18.4. The molecular formula is C17H13Cl2N3O3S. The van der Waals surface area contributed by atoms with Crippen LogP contribution in [0.1, 0.15) is 20.8 Å². The number of nitrogens with zero attached hydrogens (tertiary/aromatic N) is 1. The van der Waals surface area contributed by atoms with Crippen LogP contribution in [0.4, 0.5) is 0 Å². The largest absolute Gasteiger partial charge is 0.348 e. The van der Waals surface area contributed by atoms with Crippen molar-refractivity contribution in [2.45, 2.75) is 13.1 Å². The van der Waals surface area contributed by atoms with Gasteiger partial charge in [0.1, 0.15) is 5.56 Å². The van der Waals surface area contributed by atoms with Crippen LogP contribution < -0.4 is 16.6 Å². The summed E-state index contributed by atoms with van der Waals surface area (Å²) in [6, 6.07) is 8.55. The molecule has 1 amide bonds. The Morgan fingerprint density at radius 1 is 1.23 bits per heavy atom. The third kappa shape index (κ3) is 4.07. The summed E-state index contributed by atoms with van der Waals surface area (Å²) in [5, 5.41) is 5.37. The summed E-state index contributed by atoms with van der Waals surface area (Å²) in [6.07, 6.45) is 1.12. The lowest BCUT2D eigenvalue weighted by molar-refractivity contribution is 0.0948. The summed E-state index contributed by atoms with van der Waals surface area (Å²) in [6.45, 7) is 0.230. The predicted molar refractivity (Wildman–Crippen MR) is 102 cm³/mol. The van der Waals surface area contributed by atoms with Crippen LogP contribution in [0.2, 0.25) is 10.0 Å². The second-order valence-electron chi connectivity index (χ2n) is 5.40. The summed E-state index contributed by atoms with van der Waals surface area (Å²) in [5.41, 5.74) is -0.707. The van der Waals surface area contributed by atoms with E-state index in [9.17, 15) is 14.4 Å². The summed E-state index contributed by atoms with van der Waals surface area (Å²) in [4.78, 5) is 40.1. The summed E-state index contributed by atoms with van der Waals surface area (Å²) in [5.74, 6) is -0.600. The summed E-state index contributed by atoms with van der Waals surface area (Å²) < 4.78 is 0.996. The Bertz CT molecular complexity index is 1060. The second-order valence-corrected chi connectivity index (χ2v) is 7.27. The van der Waals surface area contributed by atoms with Gasteiger partial charge in [0.15, 0.2) is 0 Å². The van der Waals surface area contributed by atoms with Crippen LogP contribution >= 0.6 is 34.5 Å². The van der Waals surface area contributed by atoms with Crippen LogP contribution in [0.5, 0.6) is 0 Å². The predicted octanol–water partition coefficient (Wildman–Crippen LogP) is 2.88. The van der Waals surface area contributed by atoms with Gasteiger partial charge in [-0.1, -0.05) is 35.3 Å². The molecule has 9 heteroatoms.